The summed E-state index contributed by atoms with van der Waals surface area (Å²) in [4.78, 5) is 0. The Morgan fingerprint density at radius 3 is 2.64 bits per heavy atom. The van der Waals surface area contributed by atoms with Crippen molar-refractivity contribution in [2.24, 2.45) is 5.92 Å². The van der Waals surface area contributed by atoms with Crippen LogP contribution in [0.4, 0.5) is 5.69 Å². The summed E-state index contributed by atoms with van der Waals surface area (Å²) >= 11 is 0. The number of anilines is 1. The highest BCUT2D eigenvalue weighted by Crippen LogP contribution is 2.28. The topological polar surface area (TPSA) is 35.2 Å². The second-order valence-corrected chi connectivity index (χ2v) is 6.00. The third-order valence-electron chi connectivity index (χ3n) is 4.22. The SMILES string of the molecule is Nc1ccc(CC2CC=CCC2)cc1OCc1ccccc1. The molecule has 0 bridgehead atoms. The van der Waals surface area contributed by atoms with E-state index in [-0.39, 0.29) is 0 Å². The van der Waals surface area contributed by atoms with Gasteiger partial charge in [0.15, 0.2) is 0 Å². The van der Waals surface area contributed by atoms with Crippen LogP contribution in [-0.4, -0.2) is 0 Å². The van der Waals surface area contributed by atoms with Gasteiger partial charge in [0.05, 0.1) is 5.69 Å². The fraction of sp³-hybridized carbons (Fsp3) is 0.300. The van der Waals surface area contributed by atoms with E-state index >= 15 is 0 Å². The highest BCUT2D eigenvalue weighted by atomic mass is 16.5. The van der Waals surface area contributed by atoms with Crippen molar-refractivity contribution < 1.29 is 4.74 Å². The molecular weight excluding hydrogens is 270 g/mol. The molecule has 0 spiro atoms. The van der Waals surface area contributed by atoms with Crippen molar-refractivity contribution in [2.45, 2.75) is 32.3 Å². The van der Waals surface area contributed by atoms with Crippen LogP contribution in [0.15, 0.2) is 60.7 Å². The lowest BCUT2D eigenvalue weighted by Crippen LogP contribution is -2.07. The summed E-state index contributed by atoms with van der Waals surface area (Å²) in [5.41, 5.74) is 9.24. The first-order chi connectivity index (χ1) is 10.8. The lowest BCUT2D eigenvalue weighted by molar-refractivity contribution is 0.307. The third kappa shape index (κ3) is 3.91. The van der Waals surface area contributed by atoms with Crippen LogP contribution in [0.3, 0.4) is 0 Å². The predicted molar refractivity (Wildman–Crippen MR) is 91.8 cm³/mol. The molecule has 22 heavy (non-hydrogen) atoms. The lowest BCUT2D eigenvalue weighted by Gasteiger charge is -2.18. The van der Waals surface area contributed by atoms with Crippen molar-refractivity contribution in [3.8, 4) is 5.75 Å². The number of ether oxygens (including phenoxy) is 1. The number of rotatable bonds is 5. The highest BCUT2D eigenvalue weighted by Gasteiger charge is 2.12. The molecule has 0 fully saturated rings. The maximum atomic E-state index is 6.05. The molecule has 2 N–H and O–H groups in total. The minimum absolute atomic E-state index is 0.556. The summed E-state index contributed by atoms with van der Waals surface area (Å²) in [6.07, 6.45) is 9.36. The molecule has 1 atom stereocenters. The Bertz CT molecular complexity index is 633. The zero-order valence-electron chi connectivity index (χ0n) is 12.9. The molecule has 2 heteroatoms. The van der Waals surface area contributed by atoms with Crippen LogP contribution in [0, 0.1) is 5.92 Å². The molecule has 1 unspecified atom stereocenters. The molecule has 0 aliphatic heterocycles. The zero-order valence-corrected chi connectivity index (χ0v) is 12.9. The van der Waals surface area contributed by atoms with Crippen molar-refractivity contribution in [2.75, 3.05) is 5.73 Å². The number of nitrogens with two attached hydrogens (primary N) is 1. The summed E-state index contributed by atoms with van der Waals surface area (Å²) < 4.78 is 5.91. The van der Waals surface area contributed by atoms with Gasteiger partial charge in [-0.3, -0.25) is 0 Å². The van der Waals surface area contributed by atoms with Crippen LogP contribution in [-0.2, 0) is 13.0 Å². The fourth-order valence-corrected chi connectivity index (χ4v) is 2.94. The van der Waals surface area contributed by atoms with E-state index in [0.29, 0.717) is 12.3 Å². The molecule has 2 aromatic carbocycles. The van der Waals surface area contributed by atoms with Crippen molar-refractivity contribution in [3.63, 3.8) is 0 Å². The maximum Gasteiger partial charge on any atom is 0.142 e. The van der Waals surface area contributed by atoms with Gasteiger partial charge in [0.25, 0.3) is 0 Å². The smallest absolute Gasteiger partial charge is 0.142 e. The Morgan fingerprint density at radius 2 is 1.86 bits per heavy atom. The standard InChI is InChI=1S/C20H23NO/c21-19-12-11-18(13-16-7-3-1-4-8-16)14-20(19)22-15-17-9-5-2-6-10-17/h1-3,5-6,9-12,14,16H,4,7-8,13,15,21H2. The predicted octanol–water partition coefficient (Wildman–Crippen LogP) is 4.75. The number of benzene rings is 2. The van der Waals surface area contributed by atoms with Crippen LogP contribution >= 0.6 is 0 Å². The Kier molecular flexibility index (Phi) is 4.79. The summed E-state index contributed by atoms with van der Waals surface area (Å²) in [6.45, 7) is 0.556. The number of allylic oxidation sites excluding steroid dienone is 2. The number of hydrogen-bond donors (Lipinski definition) is 1. The minimum atomic E-state index is 0.556. The minimum Gasteiger partial charge on any atom is -0.487 e. The molecule has 1 aliphatic rings. The van der Waals surface area contributed by atoms with Gasteiger partial charge in [0.2, 0.25) is 0 Å². The van der Waals surface area contributed by atoms with E-state index in [1.807, 2.05) is 24.3 Å². The van der Waals surface area contributed by atoms with Crippen LogP contribution in [0.2, 0.25) is 0 Å². The molecule has 0 heterocycles. The number of hydrogen-bond acceptors (Lipinski definition) is 2. The Morgan fingerprint density at radius 1 is 1.00 bits per heavy atom. The molecule has 0 amide bonds. The first-order valence-corrected chi connectivity index (χ1v) is 8.01. The van der Waals surface area contributed by atoms with Gasteiger partial charge in [-0.25, -0.2) is 0 Å². The lowest BCUT2D eigenvalue weighted by atomic mass is 9.88. The van der Waals surface area contributed by atoms with Gasteiger partial charge < -0.3 is 10.5 Å². The molecule has 3 rings (SSSR count). The monoisotopic (exact) mass is 293 g/mol. The van der Waals surface area contributed by atoms with Gasteiger partial charge in [0.1, 0.15) is 12.4 Å². The summed E-state index contributed by atoms with van der Waals surface area (Å²) in [5, 5.41) is 0. The van der Waals surface area contributed by atoms with E-state index in [1.54, 1.807) is 0 Å². The van der Waals surface area contributed by atoms with Gasteiger partial charge in [-0.05, 0) is 54.9 Å². The molecule has 0 saturated carbocycles. The molecule has 2 nitrogen and oxygen atoms in total. The van der Waals surface area contributed by atoms with Crippen LogP contribution < -0.4 is 10.5 Å². The summed E-state index contributed by atoms with van der Waals surface area (Å²) in [7, 11) is 0. The molecule has 114 valence electrons. The number of nitrogen functional groups attached to an aromatic ring is 1. The molecule has 0 radical (unpaired) electrons. The molecule has 0 aromatic heterocycles. The van der Waals surface area contributed by atoms with E-state index in [0.717, 1.165) is 23.7 Å². The van der Waals surface area contributed by atoms with Gasteiger partial charge in [-0.1, -0.05) is 48.6 Å². The first-order valence-electron chi connectivity index (χ1n) is 8.01. The fourth-order valence-electron chi connectivity index (χ4n) is 2.94. The largest absolute Gasteiger partial charge is 0.487 e. The van der Waals surface area contributed by atoms with Crippen LogP contribution in [0.25, 0.3) is 0 Å². The Balaban J connectivity index is 1.65. The zero-order chi connectivity index (χ0) is 15.2. The van der Waals surface area contributed by atoms with Crippen LogP contribution in [0.1, 0.15) is 30.4 Å². The van der Waals surface area contributed by atoms with Crippen molar-refractivity contribution in [1.29, 1.82) is 0 Å². The molecule has 0 saturated heterocycles. The van der Waals surface area contributed by atoms with Crippen LogP contribution in [0.5, 0.6) is 5.75 Å². The van der Waals surface area contributed by atoms with E-state index < -0.39 is 0 Å². The maximum absolute atomic E-state index is 6.05. The van der Waals surface area contributed by atoms with Gasteiger partial charge in [0, 0.05) is 0 Å². The second kappa shape index (κ2) is 7.17. The van der Waals surface area contributed by atoms with E-state index in [2.05, 4.69) is 36.4 Å². The van der Waals surface area contributed by atoms with E-state index in [4.69, 9.17) is 10.5 Å². The molecular formula is C20H23NO. The van der Waals surface area contributed by atoms with Crippen molar-refractivity contribution in [3.05, 3.63) is 71.8 Å². The van der Waals surface area contributed by atoms with E-state index in [9.17, 15) is 0 Å². The molecule has 1 aliphatic carbocycles. The van der Waals surface area contributed by atoms with Gasteiger partial charge in [-0.2, -0.15) is 0 Å². The first kappa shape index (κ1) is 14.7. The average molecular weight is 293 g/mol. The summed E-state index contributed by atoms with van der Waals surface area (Å²) in [5.74, 6) is 1.54. The highest BCUT2D eigenvalue weighted by molar-refractivity contribution is 5.54. The average Bonchev–Trinajstić information content (AvgIpc) is 2.57. The van der Waals surface area contributed by atoms with Crippen molar-refractivity contribution >= 4 is 5.69 Å². The second-order valence-electron chi connectivity index (χ2n) is 6.00. The Hall–Kier alpha value is -2.22. The molecule has 2 aromatic rings. The van der Waals surface area contributed by atoms with Gasteiger partial charge in [-0.15, -0.1) is 0 Å². The Labute approximate surface area is 132 Å². The quantitative estimate of drug-likeness (QED) is 0.638. The normalized spacial score (nSPS) is 17.4. The van der Waals surface area contributed by atoms with Crippen molar-refractivity contribution in [1.82, 2.24) is 0 Å². The van der Waals surface area contributed by atoms with Gasteiger partial charge >= 0.3 is 0 Å². The van der Waals surface area contributed by atoms with E-state index in [1.165, 1.54) is 24.8 Å². The summed E-state index contributed by atoms with van der Waals surface area (Å²) in [6, 6.07) is 16.4. The third-order valence-corrected chi connectivity index (χ3v) is 4.22.